The molecule has 0 amide bonds. The zero-order valence-electron chi connectivity index (χ0n) is 9.17. The molecular weight excluding hydrogens is 411 g/mol. The quantitative estimate of drug-likeness (QED) is 0.512. The lowest BCUT2D eigenvalue weighted by atomic mass is 10.1. The molecule has 17 heavy (non-hydrogen) atoms. The van der Waals surface area contributed by atoms with Gasteiger partial charge in [-0.15, -0.1) is 11.3 Å². The molecule has 0 aliphatic heterocycles. The van der Waals surface area contributed by atoms with Gasteiger partial charge in [-0.1, -0.05) is 18.2 Å². The minimum Gasteiger partial charge on any atom is -0.294 e. The second-order valence-electron chi connectivity index (χ2n) is 3.77. The summed E-state index contributed by atoms with van der Waals surface area (Å²) in [5.41, 5.74) is 1.99. The van der Waals surface area contributed by atoms with Crippen molar-refractivity contribution in [1.82, 2.24) is 0 Å². The van der Waals surface area contributed by atoms with Crippen molar-refractivity contribution in [1.29, 1.82) is 0 Å². The second-order valence-corrected chi connectivity index (χ2v) is 6.76. The Morgan fingerprint density at radius 2 is 2.24 bits per heavy atom. The van der Waals surface area contributed by atoms with Crippen molar-refractivity contribution in [2.75, 3.05) is 0 Å². The molecule has 0 aliphatic rings. The highest BCUT2D eigenvalue weighted by Gasteiger charge is 2.12. The number of thiophene rings is 1. The fraction of sp³-hybridized carbons (Fsp3) is 0.154. The number of aryl methyl sites for hydroxylation is 1. The largest absolute Gasteiger partial charge is 0.294 e. The summed E-state index contributed by atoms with van der Waals surface area (Å²) in [4.78, 5) is 13.3. The smallest absolute Gasteiger partial charge is 0.169 e. The molecule has 0 bridgehead atoms. The van der Waals surface area contributed by atoms with Crippen LogP contribution in [0.1, 0.15) is 20.8 Å². The number of rotatable bonds is 3. The summed E-state index contributed by atoms with van der Waals surface area (Å²) in [5.74, 6) is 0.187. The molecule has 0 spiro atoms. The summed E-state index contributed by atoms with van der Waals surface area (Å²) in [6.07, 6.45) is 0.482. The van der Waals surface area contributed by atoms with Gasteiger partial charge in [-0.25, -0.2) is 0 Å². The Morgan fingerprint density at radius 1 is 1.47 bits per heavy atom. The van der Waals surface area contributed by atoms with Crippen molar-refractivity contribution < 1.29 is 4.79 Å². The molecule has 88 valence electrons. The van der Waals surface area contributed by atoms with Crippen molar-refractivity contribution in [3.63, 3.8) is 0 Å². The monoisotopic (exact) mass is 420 g/mol. The summed E-state index contributed by atoms with van der Waals surface area (Å²) in [7, 11) is 0. The van der Waals surface area contributed by atoms with E-state index in [1.165, 1.54) is 0 Å². The van der Waals surface area contributed by atoms with Crippen LogP contribution in [0.25, 0.3) is 0 Å². The predicted molar refractivity (Wildman–Crippen MR) is 83.9 cm³/mol. The molecule has 4 heteroatoms. The van der Waals surface area contributed by atoms with Crippen LogP contribution in [0.4, 0.5) is 0 Å². The number of halogens is 2. The van der Waals surface area contributed by atoms with Crippen LogP contribution in [0.5, 0.6) is 0 Å². The summed E-state index contributed by atoms with van der Waals surface area (Å²) >= 11 is 7.26. The van der Waals surface area contributed by atoms with Gasteiger partial charge in [-0.05, 0) is 57.1 Å². The Morgan fingerprint density at radius 3 is 2.88 bits per heavy atom. The van der Waals surface area contributed by atoms with Gasteiger partial charge in [-0.3, -0.25) is 4.79 Å². The molecule has 1 nitrogen and oxygen atoms in total. The van der Waals surface area contributed by atoms with E-state index in [2.05, 4.69) is 38.5 Å². The first-order valence-electron chi connectivity index (χ1n) is 5.09. The molecule has 0 radical (unpaired) electrons. The van der Waals surface area contributed by atoms with Crippen molar-refractivity contribution in [2.24, 2.45) is 0 Å². The van der Waals surface area contributed by atoms with Crippen LogP contribution < -0.4 is 0 Å². The minimum absolute atomic E-state index is 0.187. The molecule has 1 aromatic heterocycles. The lowest BCUT2D eigenvalue weighted by Crippen LogP contribution is -2.05. The van der Waals surface area contributed by atoms with E-state index in [0.29, 0.717) is 6.42 Å². The van der Waals surface area contributed by atoms with E-state index in [4.69, 9.17) is 0 Å². The molecule has 1 heterocycles. The topological polar surface area (TPSA) is 17.1 Å². The van der Waals surface area contributed by atoms with E-state index < -0.39 is 0 Å². The molecular formula is C13H10BrIOS. The molecule has 0 atom stereocenters. The third kappa shape index (κ3) is 3.17. The standard InChI is InChI=1S/C13H10BrIOS/c1-8-3-2-4-11(13(8)15)12(16)6-10-5-9(14)7-17-10/h2-5,7H,6H2,1H3. The Balaban J connectivity index is 2.23. The Kier molecular flexibility index (Phi) is 4.38. The number of carbonyl (C=O) groups is 1. The zero-order valence-corrected chi connectivity index (χ0v) is 13.7. The highest BCUT2D eigenvalue weighted by Crippen LogP contribution is 2.23. The maximum absolute atomic E-state index is 12.2. The predicted octanol–water partition coefficient (Wildman–Crippen LogP) is 4.85. The molecule has 0 N–H and O–H groups in total. The van der Waals surface area contributed by atoms with Crippen molar-refractivity contribution >= 4 is 55.6 Å². The third-order valence-corrected chi connectivity index (χ3v) is 5.58. The molecule has 0 saturated heterocycles. The van der Waals surface area contributed by atoms with Crippen LogP contribution in [-0.2, 0) is 6.42 Å². The van der Waals surface area contributed by atoms with Crippen molar-refractivity contribution in [3.8, 4) is 0 Å². The molecule has 1 aromatic carbocycles. The molecule has 0 aliphatic carbocycles. The van der Waals surface area contributed by atoms with Crippen molar-refractivity contribution in [3.05, 3.63) is 53.7 Å². The molecule has 2 aromatic rings. The van der Waals surface area contributed by atoms with E-state index in [1.54, 1.807) is 11.3 Å². The average Bonchev–Trinajstić information content (AvgIpc) is 2.68. The van der Waals surface area contributed by atoms with Gasteiger partial charge in [0, 0.05) is 30.3 Å². The molecule has 2 rings (SSSR count). The van der Waals surface area contributed by atoms with E-state index in [9.17, 15) is 4.79 Å². The maximum atomic E-state index is 12.2. The molecule has 0 saturated carbocycles. The maximum Gasteiger partial charge on any atom is 0.169 e. The van der Waals surface area contributed by atoms with Gasteiger partial charge in [-0.2, -0.15) is 0 Å². The first-order valence-corrected chi connectivity index (χ1v) is 7.84. The van der Waals surface area contributed by atoms with Crippen molar-refractivity contribution in [2.45, 2.75) is 13.3 Å². The highest BCUT2D eigenvalue weighted by atomic mass is 127. The number of hydrogen-bond donors (Lipinski definition) is 0. The van der Waals surface area contributed by atoms with Gasteiger partial charge >= 0.3 is 0 Å². The Labute approximate surface area is 127 Å². The summed E-state index contributed by atoms with van der Waals surface area (Å²) in [6, 6.07) is 7.88. The van der Waals surface area contributed by atoms with Crippen LogP contribution in [0.15, 0.2) is 34.1 Å². The number of benzene rings is 1. The third-order valence-electron chi connectivity index (χ3n) is 2.45. The summed E-state index contributed by atoms with van der Waals surface area (Å²) < 4.78 is 2.11. The number of carbonyl (C=O) groups excluding carboxylic acids is 1. The van der Waals surface area contributed by atoms with Crippen LogP contribution in [0.2, 0.25) is 0 Å². The number of Topliss-reactive ketones (excluding diaryl/α,β-unsaturated/α-hetero) is 1. The van der Waals surface area contributed by atoms with E-state index >= 15 is 0 Å². The van der Waals surface area contributed by atoms with Gasteiger partial charge in [0.2, 0.25) is 0 Å². The number of hydrogen-bond acceptors (Lipinski definition) is 2. The SMILES string of the molecule is Cc1cccc(C(=O)Cc2cc(Br)cs2)c1I. The number of ketones is 1. The summed E-state index contributed by atoms with van der Waals surface area (Å²) in [5, 5.41) is 2.00. The van der Waals surface area contributed by atoms with E-state index in [1.807, 2.05) is 36.6 Å². The molecule has 0 fully saturated rings. The normalized spacial score (nSPS) is 10.5. The minimum atomic E-state index is 0.187. The van der Waals surface area contributed by atoms with Gasteiger partial charge in [0.25, 0.3) is 0 Å². The second kappa shape index (κ2) is 5.63. The summed E-state index contributed by atoms with van der Waals surface area (Å²) in [6.45, 7) is 2.03. The Hall–Kier alpha value is -0.200. The fourth-order valence-electron chi connectivity index (χ4n) is 1.56. The lowest BCUT2D eigenvalue weighted by Gasteiger charge is -2.05. The fourth-order valence-corrected chi connectivity index (χ4v) is 3.67. The van der Waals surface area contributed by atoms with E-state index in [-0.39, 0.29) is 5.78 Å². The Bertz CT molecular complexity index is 562. The van der Waals surface area contributed by atoms with Gasteiger partial charge in [0.1, 0.15) is 0 Å². The van der Waals surface area contributed by atoms with Gasteiger partial charge < -0.3 is 0 Å². The van der Waals surface area contributed by atoms with E-state index in [0.717, 1.165) is 24.0 Å². The van der Waals surface area contributed by atoms with Crippen LogP contribution >= 0.6 is 49.9 Å². The first-order chi connectivity index (χ1) is 8.08. The van der Waals surface area contributed by atoms with Crippen LogP contribution in [0.3, 0.4) is 0 Å². The van der Waals surface area contributed by atoms with Crippen LogP contribution in [0, 0.1) is 10.5 Å². The average molecular weight is 421 g/mol. The molecule has 0 unspecified atom stereocenters. The van der Waals surface area contributed by atoms with Gasteiger partial charge in [0.15, 0.2) is 5.78 Å². The van der Waals surface area contributed by atoms with Gasteiger partial charge in [0.05, 0.1) is 0 Å². The highest BCUT2D eigenvalue weighted by molar-refractivity contribution is 14.1. The first kappa shape index (κ1) is 13.2. The lowest BCUT2D eigenvalue weighted by molar-refractivity contribution is 0.0993. The zero-order chi connectivity index (χ0) is 12.4. The van der Waals surface area contributed by atoms with Crippen LogP contribution in [-0.4, -0.2) is 5.78 Å².